The summed E-state index contributed by atoms with van der Waals surface area (Å²) in [5.41, 5.74) is 1.66. The lowest BCUT2D eigenvalue weighted by Crippen LogP contribution is -2.52. The van der Waals surface area contributed by atoms with Crippen LogP contribution in [0.3, 0.4) is 0 Å². The van der Waals surface area contributed by atoms with Gasteiger partial charge in [-0.25, -0.2) is 0 Å². The molecule has 146 valence electrons. The summed E-state index contributed by atoms with van der Waals surface area (Å²) in [4.78, 5) is 42.4. The van der Waals surface area contributed by atoms with Crippen molar-refractivity contribution in [1.29, 1.82) is 0 Å². The van der Waals surface area contributed by atoms with E-state index in [1.54, 1.807) is 29.2 Å². The predicted molar refractivity (Wildman–Crippen MR) is 108 cm³/mol. The summed E-state index contributed by atoms with van der Waals surface area (Å²) >= 11 is 0. The molecule has 5 heteroatoms. The fraction of sp³-hybridized carbons (Fsp3) is 0.348. The van der Waals surface area contributed by atoms with Crippen LogP contribution in [0.5, 0.6) is 0 Å². The number of fused-ring (bicyclic) bond motifs is 1. The second-order valence-corrected chi connectivity index (χ2v) is 7.06. The van der Waals surface area contributed by atoms with Gasteiger partial charge in [0, 0.05) is 19.5 Å². The maximum atomic E-state index is 13.4. The number of amides is 3. The zero-order valence-corrected chi connectivity index (χ0v) is 16.4. The van der Waals surface area contributed by atoms with Crippen LogP contribution in [0.25, 0.3) is 0 Å². The SMILES string of the molecule is CCCN(CCC)C(=O)[C@H](Cc1ccccc1)N1C(=O)c2ccccc2C1=O. The molecule has 0 aliphatic carbocycles. The Labute approximate surface area is 166 Å². The van der Waals surface area contributed by atoms with E-state index < -0.39 is 6.04 Å². The van der Waals surface area contributed by atoms with Crippen LogP contribution in [0.2, 0.25) is 0 Å². The Bertz CT molecular complexity index is 822. The van der Waals surface area contributed by atoms with Gasteiger partial charge in [-0.2, -0.15) is 0 Å². The molecule has 1 aliphatic rings. The molecule has 0 saturated carbocycles. The van der Waals surface area contributed by atoms with E-state index >= 15 is 0 Å². The first-order chi connectivity index (χ1) is 13.6. The Morgan fingerprint density at radius 1 is 0.857 bits per heavy atom. The fourth-order valence-corrected chi connectivity index (χ4v) is 3.70. The number of imide groups is 1. The first-order valence-corrected chi connectivity index (χ1v) is 9.88. The van der Waals surface area contributed by atoms with Gasteiger partial charge < -0.3 is 4.90 Å². The van der Waals surface area contributed by atoms with Gasteiger partial charge in [-0.05, 0) is 30.5 Å². The molecule has 0 N–H and O–H groups in total. The summed E-state index contributed by atoms with van der Waals surface area (Å²) in [6.45, 7) is 5.26. The minimum atomic E-state index is -0.840. The maximum Gasteiger partial charge on any atom is 0.262 e. The second-order valence-electron chi connectivity index (χ2n) is 7.06. The molecule has 1 atom stereocenters. The number of nitrogens with zero attached hydrogens (tertiary/aromatic N) is 2. The summed E-state index contributed by atoms with van der Waals surface area (Å²) in [5, 5.41) is 0. The first kappa shape index (κ1) is 19.8. The Morgan fingerprint density at radius 3 is 1.86 bits per heavy atom. The maximum absolute atomic E-state index is 13.4. The monoisotopic (exact) mass is 378 g/mol. The molecule has 3 rings (SSSR count). The van der Waals surface area contributed by atoms with Crippen molar-refractivity contribution in [2.24, 2.45) is 0 Å². The van der Waals surface area contributed by atoms with Crippen molar-refractivity contribution in [2.75, 3.05) is 13.1 Å². The lowest BCUT2D eigenvalue weighted by atomic mass is 10.0. The van der Waals surface area contributed by atoms with E-state index in [9.17, 15) is 14.4 Å². The van der Waals surface area contributed by atoms with Gasteiger partial charge in [-0.3, -0.25) is 19.3 Å². The van der Waals surface area contributed by atoms with Crippen molar-refractivity contribution < 1.29 is 14.4 Å². The molecule has 0 saturated heterocycles. The van der Waals surface area contributed by atoms with Gasteiger partial charge in [-0.15, -0.1) is 0 Å². The van der Waals surface area contributed by atoms with Crippen LogP contribution in [0.1, 0.15) is 53.0 Å². The third-order valence-corrected chi connectivity index (χ3v) is 4.99. The largest absolute Gasteiger partial charge is 0.341 e. The van der Waals surface area contributed by atoms with E-state index in [1.807, 2.05) is 44.2 Å². The molecule has 5 nitrogen and oxygen atoms in total. The van der Waals surface area contributed by atoms with E-state index in [2.05, 4.69) is 0 Å². The topological polar surface area (TPSA) is 57.7 Å². The lowest BCUT2D eigenvalue weighted by Gasteiger charge is -2.31. The molecular formula is C23H26N2O3. The molecule has 1 aliphatic heterocycles. The summed E-state index contributed by atoms with van der Waals surface area (Å²) in [6.07, 6.45) is 1.97. The Morgan fingerprint density at radius 2 is 1.36 bits per heavy atom. The van der Waals surface area contributed by atoms with Gasteiger partial charge in [0.15, 0.2) is 0 Å². The normalized spacial score (nSPS) is 14.1. The molecule has 0 spiro atoms. The minimum Gasteiger partial charge on any atom is -0.341 e. The van der Waals surface area contributed by atoms with Crippen molar-refractivity contribution in [3.63, 3.8) is 0 Å². The Balaban J connectivity index is 1.98. The van der Waals surface area contributed by atoms with Gasteiger partial charge in [0.25, 0.3) is 11.8 Å². The van der Waals surface area contributed by atoms with Gasteiger partial charge in [0.05, 0.1) is 11.1 Å². The molecule has 0 bridgehead atoms. The van der Waals surface area contributed by atoms with Gasteiger partial charge >= 0.3 is 0 Å². The Kier molecular flexibility index (Phi) is 6.24. The molecule has 2 aromatic rings. The van der Waals surface area contributed by atoms with Crippen LogP contribution in [0.15, 0.2) is 54.6 Å². The molecule has 1 heterocycles. The van der Waals surface area contributed by atoms with E-state index in [0.717, 1.165) is 18.4 Å². The summed E-state index contributed by atoms with van der Waals surface area (Å²) < 4.78 is 0. The van der Waals surface area contributed by atoms with Crippen LogP contribution in [0, 0.1) is 0 Å². The quantitative estimate of drug-likeness (QED) is 0.660. The van der Waals surface area contributed by atoms with Crippen LogP contribution >= 0.6 is 0 Å². The number of benzene rings is 2. The molecule has 0 aromatic heterocycles. The number of hydrogen-bond acceptors (Lipinski definition) is 3. The highest BCUT2D eigenvalue weighted by Crippen LogP contribution is 2.27. The van der Waals surface area contributed by atoms with Crippen LogP contribution < -0.4 is 0 Å². The highest BCUT2D eigenvalue weighted by atomic mass is 16.2. The number of carbonyl (C=O) groups is 3. The average molecular weight is 378 g/mol. The molecule has 0 unspecified atom stereocenters. The van der Waals surface area contributed by atoms with Crippen molar-refractivity contribution in [3.8, 4) is 0 Å². The summed E-state index contributed by atoms with van der Waals surface area (Å²) in [6, 6.07) is 15.5. The van der Waals surface area contributed by atoms with E-state index in [4.69, 9.17) is 0 Å². The van der Waals surface area contributed by atoms with Gasteiger partial charge in [0.2, 0.25) is 5.91 Å². The fourth-order valence-electron chi connectivity index (χ4n) is 3.70. The number of carbonyl (C=O) groups excluding carboxylic acids is 3. The van der Waals surface area contributed by atoms with Crippen LogP contribution in [-0.4, -0.2) is 46.7 Å². The molecule has 3 amide bonds. The zero-order valence-electron chi connectivity index (χ0n) is 16.4. The van der Waals surface area contributed by atoms with E-state index in [0.29, 0.717) is 30.6 Å². The van der Waals surface area contributed by atoms with E-state index in [-0.39, 0.29) is 17.7 Å². The highest BCUT2D eigenvalue weighted by Gasteiger charge is 2.43. The molecule has 2 aromatic carbocycles. The second kappa shape index (κ2) is 8.83. The van der Waals surface area contributed by atoms with Gasteiger partial charge in [0.1, 0.15) is 6.04 Å². The lowest BCUT2D eigenvalue weighted by molar-refractivity contribution is -0.135. The van der Waals surface area contributed by atoms with Crippen LogP contribution in [-0.2, 0) is 11.2 Å². The van der Waals surface area contributed by atoms with Crippen molar-refractivity contribution >= 4 is 17.7 Å². The molecule has 0 radical (unpaired) electrons. The zero-order chi connectivity index (χ0) is 20.1. The average Bonchev–Trinajstić information content (AvgIpc) is 2.97. The van der Waals surface area contributed by atoms with Crippen LogP contribution in [0.4, 0.5) is 0 Å². The third-order valence-electron chi connectivity index (χ3n) is 4.99. The predicted octanol–water partition coefficient (Wildman–Crippen LogP) is 3.54. The smallest absolute Gasteiger partial charge is 0.262 e. The highest BCUT2D eigenvalue weighted by molar-refractivity contribution is 6.22. The Hall–Kier alpha value is -2.95. The van der Waals surface area contributed by atoms with Crippen molar-refractivity contribution in [1.82, 2.24) is 9.80 Å². The number of hydrogen-bond donors (Lipinski definition) is 0. The number of rotatable bonds is 8. The molecule has 0 fully saturated rings. The van der Waals surface area contributed by atoms with Crippen molar-refractivity contribution in [2.45, 2.75) is 39.2 Å². The van der Waals surface area contributed by atoms with E-state index in [1.165, 1.54) is 4.90 Å². The van der Waals surface area contributed by atoms with Gasteiger partial charge in [-0.1, -0.05) is 56.3 Å². The standard InChI is InChI=1S/C23H26N2O3/c1-3-14-24(15-4-2)23(28)20(16-17-10-6-5-7-11-17)25-21(26)18-12-8-9-13-19(18)22(25)27/h5-13,20H,3-4,14-16H2,1-2H3/t20-/m0/s1. The molecule has 28 heavy (non-hydrogen) atoms. The first-order valence-electron chi connectivity index (χ1n) is 9.88. The third kappa shape index (κ3) is 3.84. The molecular weight excluding hydrogens is 352 g/mol. The minimum absolute atomic E-state index is 0.165. The van der Waals surface area contributed by atoms with Crippen molar-refractivity contribution in [3.05, 3.63) is 71.3 Å². The summed E-state index contributed by atoms with van der Waals surface area (Å²) in [5.74, 6) is -0.937. The summed E-state index contributed by atoms with van der Waals surface area (Å²) in [7, 11) is 0.